The summed E-state index contributed by atoms with van der Waals surface area (Å²) in [6, 6.07) is 9.10. The predicted octanol–water partition coefficient (Wildman–Crippen LogP) is 4.48. The molecular weight excluding hydrogens is 448 g/mol. The van der Waals surface area contributed by atoms with E-state index in [0.717, 1.165) is 67.3 Å². The first kappa shape index (κ1) is 23.3. The van der Waals surface area contributed by atoms with Crippen LogP contribution in [0.25, 0.3) is 11.2 Å². The van der Waals surface area contributed by atoms with E-state index >= 15 is 0 Å². The van der Waals surface area contributed by atoms with Gasteiger partial charge in [0, 0.05) is 42.8 Å². The van der Waals surface area contributed by atoms with Crippen LogP contribution in [0.4, 0.5) is 11.8 Å². The van der Waals surface area contributed by atoms with E-state index in [0.29, 0.717) is 24.1 Å². The molecule has 2 fully saturated rings. The van der Waals surface area contributed by atoms with Crippen LogP contribution < -0.4 is 21.7 Å². The summed E-state index contributed by atoms with van der Waals surface area (Å²) in [6.45, 7) is 2.35. The number of rotatable bonds is 9. The van der Waals surface area contributed by atoms with Crippen molar-refractivity contribution in [3.05, 3.63) is 41.2 Å². The molecule has 8 nitrogen and oxygen atoms in total. The summed E-state index contributed by atoms with van der Waals surface area (Å²) in [7, 11) is 0. The Hall–Kier alpha value is -2.42. The summed E-state index contributed by atoms with van der Waals surface area (Å²) in [5.41, 5.74) is 9.08. The second-order valence-electron chi connectivity index (χ2n) is 9.64. The quantitative estimate of drug-likeness (QED) is 0.333. The van der Waals surface area contributed by atoms with Crippen molar-refractivity contribution in [1.29, 1.82) is 0 Å². The Morgan fingerprint density at radius 2 is 1.74 bits per heavy atom. The first-order valence-corrected chi connectivity index (χ1v) is 13.0. The maximum absolute atomic E-state index is 6.10. The topological polar surface area (TPSA) is 106 Å². The smallest absolute Gasteiger partial charge is 0.227 e. The number of benzene rings is 1. The average molecular weight is 483 g/mol. The van der Waals surface area contributed by atoms with E-state index in [1.54, 1.807) is 0 Å². The maximum Gasteiger partial charge on any atom is 0.227 e. The van der Waals surface area contributed by atoms with Gasteiger partial charge in [-0.3, -0.25) is 0 Å². The van der Waals surface area contributed by atoms with Gasteiger partial charge in [0.2, 0.25) is 5.95 Å². The predicted molar refractivity (Wildman–Crippen MR) is 138 cm³/mol. The molecule has 2 heterocycles. The molecule has 2 aromatic heterocycles. The molecule has 3 aromatic rings. The largest absolute Gasteiger partial charge is 0.367 e. The molecule has 9 heteroatoms. The van der Waals surface area contributed by atoms with E-state index in [9.17, 15) is 0 Å². The van der Waals surface area contributed by atoms with E-state index in [2.05, 4.69) is 20.5 Å². The van der Waals surface area contributed by atoms with Gasteiger partial charge in [0.25, 0.3) is 0 Å². The van der Waals surface area contributed by atoms with Crippen LogP contribution >= 0.6 is 11.6 Å². The highest BCUT2D eigenvalue weighted by atomic mass is 35.5. The van der Waals surface area contributed by atoms with Gasteiger partial charge >= 0.3 is 0 Å². The number of nitrogens with two attached hydrogens (primary N) is 1. The molecule has 0 saturated heterocycles. The molecule has 0 aliphatic heterocycles. The minimum absolute atomic E-state index is 0.322. The SMILES string of the molecule is NC1CCC(Nc2nc(NCCNCc3ccc(Cl)cc3)c3ncn(C4CCCC4)c3n2)CC1. The van der Waals surface area contributed by atoms with Crippen molar-refractivity contribution in [2.24, 2.45) is 5.73 Å². The molecule has 0 radical (unpaired) electrons. The third-order valence-corrected chi connectivity index (χ3v) is 7.33. The summed E-state index contributed by atoms with van der Waals surface area (Å²) in [6.07, 6.45) is 11.1. The molecule has 182 valence electrons. The van der Waals surface area contributed by atoms with Crippen LogP contribution in [0, 0.1) is 0 Å². The Morgan fingerprint density at radius 3 is 2.50 bits per heavy atom. The first-order chi connectivity index (χ1) is 16.7. The van der Waals surface area contributed by atoms with Crippen molar-refractivity contribution in [3.8, 4) is 0 Å². The molecule has 34 heavy (non-hydrogen) atoms. The lowest BCUT2D eigenvalue weighted by Crippen LogP contribution is -2.33. The number of nitrogens with zero attached hydrogens (tertiary/aromatic N) is 4. The fraction of sp³-hybridized carbons (Fsp3) is 0.560. The van der Waals surface area contributed by atoms with Gasteiger partial charge in [-0.05, 0) is 56.2 Å². The monoisotopic (exact) mass is 482 g/mol. The lowest BCUT2D eigenvalue weighted by atomic mass is 9.92. The molecule has 2 saturated carbocycles. The van der Waals surface area contributed by atoms with Crippen LogP contribution in [0.3, 0.4) is 0 Å². The van der Waals surface area contributed by atoms with Crippen LogP contribution in [0.1, 0.15) is 63.0 Å². The molecule has 0 spiro atoms. The zero-order valence-electron chi connectivity index (χ0n) is 19.6. The Labute approximate surface area is 206 Å². The van der Waals surface area contributed by atoms with Gasteiger partial charge in [-0.2, -0.15) is 9.97 Å². The highest BCUT2D eigenvalue weighted by molar-refractivity contribution is 6.30. The summed E-state index contributed by atoms with van der Waals surface area (Å²) in [5.74, 6) is 1.48. The summed E-state index contributed by atoms with van der Waals surface area (Å²) >= 11 is 5.97. The van der Waals surface area contributed by atoms with Gasteiger partial charge in [-0.15, -0.1) is 0 Å². The average Bonchev–Trinajstić information content (AvgIpc) is 3.51. The lowest BCUT2D eigenvalue weighted by Gasteiger charge is -2.27. The van der Waals surface area contributed by atoms with Crippen LogP contribution in [-0.4, -0.2) is 44.7 Å². The molecule has 0 atom stereocenters. The first-order valence-electron chi connectivity index (χ1n) is 12.6. The normalized spacial score (nSPS) is 21.2. The Bertz CT molecular complexity index is 1070. The number of hydrogen-bond acceptors (Lipinski definition) is 7. The van der Waals surface area contributed by atoms with Gasteiger partial charge in [-0.1, -0.05) is 36.6 Å². The number of nitrogens with one attached hydrogen (secondary N) is 3. The van der Waals surface area contributed by atoms with Crippen LogP contribution in [0.15, 0.2) is 30.6 Å². The molecule has 2 aliphatic carbocycles. The zero-order valence-corrected chi connectivity index (χ0v) is 20.4. The molecular formula is C25H35ClN8. The van der Waals surface area contributed by atoms with E-state index in [1.165, 1.54) is 31.2 Å². The van der Waals surface area contributed by atoms with E-state index in [1.807, 2.05) is 30.6 Å². The van der Waals surface area contributed by atoms with Gasteiger partial charge in [0.1, 0.15) is 0 Å². The number of aromatic nitrogens is 4. The molecule has 5 rings (SSSR count). The Morgan fingerprint density at radius 1 is 0.971 bits per heavy atom. The van der Waals surface area contributed by atoms with Crippen molar-refractivity contribution in [1.82, 2.24) is 24.8 Å². The minimum Gasteiger partial charge on any atom is -0.367 e. The number of halogens is 1. The van der Waals surface area contributed by atoms with Crippen LogP contribution in [0.5, 0.6) is 0 Å². The van der Waals surface area contributed by atoms with Crippen molar-refractivity contribution in [2.45, 2.75) is 76.0 Å². The number of hydrogen-bond donors (Lipinski definition) is 4. The maximum atomic E-state index is 6.10. The van der Waals surface area contributed by atoms with E-state index in [4.69, 9.17) is 32.3 Å². The molecule has 2 aliphatic rings. The number of fused-ring (bicyclic) bond motifs is 1. The lowest BCUT2D eigenvalue weighted by molar-refractivity contribution is 0.410. The van der Waals surface area contributed by atoms with Crippen LogP contribution in [-0.2, 0) is 6.54 Å². The third-order valence-electron chi connectivity index (χ3n) is 7.08. The summed E-state index contributed by atoms with van der Waals surface area (Å²) < 4.78 is 2.26. The highest BCUT2D eigenvalue weighted by Crippen LogP contribution is 2.33. The van der Waals surface area contributed by atoms with E-state index < -0.39 is 0 Å². The molecule has 0 unspecified atom stereocenters. The van der Waals surface area contributed by atoms with Crippen molar-refractivity contribution < 1.29 is 0 Å². The van der Waals surface area contributed by atoms with Gasteiger partial charge < -0.3 is 26.3 Å². The second kappa shape index (κ2) is 10.9. The van der Waals surface area contributed by atoms with Crippen LogP contribution in [0.2, 0.25) is 5.02 Å². The van der Waals surface area contributed by atoms with Gasteiger partial charge in [0.05, 0.1) is 6.33 Å². The van der Waals surface area contributed by atoms with Crippen molar-refractivity contribution in [2.75, 3.05) is 23.7 Å². The number of anilines is 2. The fourth-order valence-corrected chi connectivity index (χ4v) is 5.23. The Kier molecular flexibility index (Phi) is 7.47. The Balaban J connectivity index is 1.28. The fourth-order valence-electron chi connectivity index (χ4n) is 5.10. The minimum atomic E-state index is 0.322. The highest BCUT2D eigenvalue weighted by Gasteiger charge is 2.23. The molecule has 1 aromatic carbocycles. The molecule has 0 amide bonds. The standard InChI is InChI=1S/C25H35ClN8/c26-18-7-5-17(6-8-18)15-28-13-14-29-23-22-24(34(16-30-22)21-3-1-2-4-21)33-25(32-23)31-20-11-9-19(27)10-12-20/h5-8,16,19-21,28H,1-4,9-15,27H2,(H2,29,31,32,33). The molecule has 0 bridgehead atoms. The van der Waals surface area contributed by atoms with Gasteiger partial charge in [0.15, 0.2) is 17.0 Å². The summed E-state index contributed by atoms with van der Waals surface area (Å²) in [4.78, 5) is 14.5. The summed E-state index contributed by atoms with van der Waals surface area (Å²) in [5, 5.41) is 11.3. The zero-order chi connectivity index (χ0) is 23.3. The van der Waals surface area contributed by atoms with Crippen molar-refractivity contribution >= 4 is 34.5 Å². The third kappa shape index (κ3) is 5.62. The van der Waals surface area contributed by atoms with Gasteiger partial charge in [-0.25, -0.2) is 4.98 Å². The molecule has 5 N–H and O–H groups in total. The number of imidazole rings is 1. The van der Waals surface area contributed by atoms with Crippen molar-refractivity contribution in [3.63, 3.8) is 0 Å². The second-order valence-corrected chi connectivity index (χ2v) is 10.1. The van der Waals surface area contributed by atoms with E-state index in [-0.39, 0.29) is 0 Å².